The molecule has 2 heterocycles. The molecule has 0 aliphatic carbocycles. The number of nitrogens with two attached hydrogens (primary N) is 1. The van der Waals surface area contributed by atoms with Crippen LogP contribution < -0.4 is 10.5 Å². The molecule has 128 valence electrons. The van der Waals surface area contributed by atoms with E-state index in [0.717, 1.165) is 36.4 Å². The number of ether oxygens (including phenoxy) is 1. The van der Waals surface area contributed by atoms with Gasteiger partial charge in [0.2, 0.25) is 0 Å². The lowest BCUT2D eigenvalue weighted by Gasteiger charge is -2.34. The molecule has 1 saturated heterocycles. The average Bonchev–Trinajstić information content (AvgIpc) is 3.11. The highest BCUT2D eigenvalue weighted by Gasteiger charge is 2.28. The number of benzene rings is 1. The van der Waals surface area contributed by atoms with Gasteiger partial charge in [-0.05, 0) is 49.9 Å². The molecule has 1 aromatic carbocycles. The third kappa shape index (κ3) is 3.28. The van der Waals surface area contributed by atoms with Gasteiger partial charge in [-0.15, -0.1) is 0 Å². The van der Waals surface area contributed by atoms with Gasteiger partial charge in [0.25, 0.3) is 5.91 Å². The normalized spacial score (nSPS) is 19.1. The number of rotatable bonds is 4. The van der Waals surface area contributed by atoms with Crippen LogP contribution >= 0.6 is 0 Å². The number of hydrogen-bond acceptors (Lipinski definition) is 4. The van der Waals surface area contributed by atoms with E-state index in [1.165, 1.54) is 0 Å². The van der Waals surface area contributed by atoms with Crippen molar-refractivity contribution in [2.45, 2.75) is 25.8 Å². The molecule has 1 amide bonds. The zero-order chi connectivity index (χ0) is 17.1. The molecular formula is C18H24N4O2. The number of likely N-dealkylation sites (tertiary alicyclic amines) is 1. The zero-order valence-electron chi connectivity index (χ0n) is 14.2. The van der Waals surface area contributed by atoms with Gasteiger partial charge in [0.1, 0.15) is 5.75 Å². The van der Waals surface area contributed by atoms with Crippen LogP contribution in [0.1, 0.15) is 30.1 Å². The molecular weight excluding hydrogens is 304 g/mol. The van der Waals surface area contributed by atoms with Gasteiger partial charge in [0.15, 0.2) is 0 Å². The lowest BCUT2D eigenvalue weighted by atomic mass is 9.91. The first kappa shape index (κ1) is 16.5. The first-order valence-electron chi connectivity index (χ1n) is 8.32. The van der Waals surface area contributed by atoms with Crippen molar-refractivity contribution in [3.63, 3.8) is 0 Å². The number of H-pyrrole nitrogens is 1. The Kier molecular flexibility index (Phi) is 4.85. The number of amides is 1. The Hall–Kier alpha value is -2.34. The smallest absolute Gasteiger partial charge is 0.257 e. The summed E-state index contributed by atoms with van der Waals surface area (Å²) in [4.78, 5) is 14.8. The lowest BCUT2D eigenvalue weighted by Crippen LogP contribution is -2.45. The SMILES string of the molecule is COc1ccc(-c2[nH]ncc2C(=O)N2CCCC(C(C)N)C2)cc1. The molecule has 2 atom stereocenters. The largest absolute Gasteiger partial charge is 0.497 e. The number of nitrogens with one attached hydrogen (secondary N) is 1. The summed E-state index contributed by atoms with van der Waals surface area (Å²) in [5.41, 5.74) is 8.29. The Morgan fingerprint density at radius 3 is 2.83 bits per heavy atom. The van der Waals surface area contributed by atoms with Crippen molar-refractivity contribution in [2.24, 2.45) is 11.7 Å². The van der Waals surface area contributed by atoms with E-state index in [0.29, 0.717) is 18.0 Å². The van der Waals surface area contributed by atoms with Crippen LogP contribution in [0.5, 0.6) is 5.75 Å². The fraction of sp³-hybridized carbons (Fsp3) is 0.444. The molecule has 1 aliphatic heterocycles. The van der Waals surface area contributed by atoms with Crippen LogP contribution in [-0.2, 0) is 0 Å². The van der Waals surface area contributed by atoms with Crippen LogP contribution in [0.4, 0.5) is 0 Å². The van der Waals surface area contributed by atoms with Crippen LogP contribution in [0.3, 0.4) is 0 Å². The monoisotopic (exact) mass is 328 g/mol. The molecule has 6 heteroatoms. The second-order valence-electron chi connectivity index (χ2n) is 6.40. The summed E-state index contributed by atoms with van der Waals surface area (Å²) in [7, 11) is 1.63. The molecule has 3 N–H and O–H groups in total. The Labute approximate surface area is 142 Å². The van der Waals surface area contributed by atoms with E-state index >= 15 is 0 Å². The van der Waals surface area contributed by atoms with Crippen LogP contribution in [-0.4, -0.2) is 47.2 Å². The van der Waals surface area contributed by atoms with Crippen molar-refractivity contribution in [3.05, 3.63) is 36.0 Å². The van der Waals surface area contributed by atoms with Gasteiger partial charge in [-0.1, -0.05) is 0 Å². The van der Waals surface area contributed by atoms with Crippen LogP contribution in [0.25, 0.3) is 11.3 Å². The molecule has 1 aromatic heterocycles. The third-order valence-electron chi connectivity index (χ3n) is 4.74. The number of carbonyl (C=O) groups excluding carboxylic acids is 1. The number of piperidine rings is 1. The minimum Gasteiger partial charge on any atom is -0.497 e. The van der Waals surface area contributed by atoms with Crippen molar-refractivity contribution in [2.75, 3.05) is 20.2 Å². The quantitative estimate of drug-likeness (QED) is 0.902. The maximum Gasteiger partial charge on any atom is 0.257 e. The minimum absolute atomic E-state index is 0.0138. The van der Waals surface area contributed by atoms with E-state index in [2.05, 4.69) is 10.2 Å². The highest BCUT2D eigenvalue weighted by atomic mass is 16.5. The van der Waals surface area contributed by atoms with E-state index in [-0.39, 0.29) is 11.9 Å². The van der Waals surface area contributed by atoms with Gasteiger partial charge in [0, 0.05) is 24.7 Å². The van der Waals surface area contributed by atoms with Gasteiger partial charge >= 0.3 is 0 Å². The fourth-order valence-corrected chi connectivity index (χ4v) is 3.22. The maximum atomic E-state index is 12.9. The fourth-order valence-electron chi connectivity index (χ4n) is 3.22. The molecule has 6 nitrogen and oxygen atoms in total. The van der Waals surface area contributed by atoms with E-state index in [9.17, 15) is 4.79 Å². The van der Waals surface area contributed by atoms with Gasteiger partial charge in [-0.2, -0.15) is 5.10 Å². The summed E-state index contributed by atoms with van der Waals surface area (Å²) < 4.78 is 5.18. The van der Waals surface area contributed by atoms with Crippen molar-refractivity contribution in [1.29, 1.82) is 0 Å². The number of hydrogen-bond donors (Lipinski definition) is 2. The predicted molar refractivity (Wildman–Crippen MR) is 92.9 cm³/mol. The number of carbonyl (C=O) groups is 1. The molecule has 2 unspecified atom stereocenters. The van der Waals surface area contributed by atoms with Gasteiger partial charge in [0.05, 0.1) is 24.6 Å². The Morgan fingerprint density at radius 2 is 2.17 bits per heavy atom. The lowest BCUT2D eigenvalue weighted by molar-refractivity contribution is 0.0662. The van der Waals surface area contributed by atoms with E-state index in [1.54, 1.807) is 13.3 Å². The number of aromatic nitrogens is 2. The molecule has 1 fully saturated rings. The van der Waals surface area contributed by atoms with E-state index in [4.69, 9.17) is 10.5 Å². The second kappa shape index (κ2) is 7.05. The van der Waals surface area contributed by atoms with Crippen LogP contribution in [0.2, 0.25) is 0 Å². The standard InChI is InChI=1S/C18H24N4O2/c1-12(19)14-4-3-9-22(11-14)18(23)16-10-20-21-17(16)13-5-7-15(24-2)8-6-13/h5-8,10,12,14H,3-4,9,11,19H2,1-2H3,(H,20,21). The third-order valence-corrected chi connectivity index (χ3v) is 4.74. The zero-order valence-corrected chi connectivity index (χ0v) is 14.2. The maximum absolute atomic E-state index is 12.9. The van der Waals surface area contributed by atoms with Crippen LogP contribution in [0.15, 0.2) is 30.5 Å². The summed E-state index contributed by atoms with van der Waals surface area (Å²) in [5, 5.41) is 7.03. The van der Waals surface area contributed by atoms with Gasteiger partial charge in [-0.3, -0.25) is 9.89 Å². The molecule has 24 heavy (non-hydrogen) atoms. The van der Waals surface area contributed by atoms with Gasteiger partial charge in [-0.25, -0.2) is 0 Å². The molecule has 0 radical (unpaired) electrons. The predicted octanol–water partition coefficient (Wildman–Crippen LogP) is 2.28. The van der Waals surface area contributed by atoms with E-state index < -0.39 is 0 Å². The van der Waals surface area contributed by atoms with Crippen molar-refractivity contribution >= 4 is 5.91 Å². The molecule has 1 aliphatic rings. The summed E-state index contributed by atoms with van der Waals surface area (Å²) in [5.74, 6) is 1.15. The van der Waals surface area contributed by atoms with Crippen molar-refractivity contribution in [1.82, 2.24) is 15.1 Å². The Bertz CT molecular complexity index is 693. The summed E-state index contributed by atoms with van der Waals surface area (Å²) in [6, 6.07) is 7.69. The first-order chi connectivity index (χ1) is 11.6. The van der Waals surface area contributed by atoms with Crippen molar-refractivity contribution in [3.8, 4) is 17.0 Å². The highest BCUT2D eigenvalue weighted by Crippen LogP contribution is 2.26. The average molecular weight is 328 g/mol. The molecule has 3 rings (SSSR count). The molecule has 2 aromatic rings. The minimum atomic E-state index is 0.0138. The van der Waals surface area contributed by atoms with Crippen LogP contribution in [0, 0.1) is 5.92 Å². The Balaban J connectivity index is 1.82. The highest BCUT2D eigenvalue weighted by molar-refractivity contribution is 5.99. The van der Waals surface area contributed by atoms with E-state index in [1.807, 2.05) is 36.1 Å². The molecule has 0 saturated carbocycles. The topological polar surface area (TPSA) is 84.2 Å². The summed E-state index contributed by atoms with van der Waals surface area (Å²) >= 11 is 0. The molecule has 0 bridgehead atoms. The van der Waals surface area contributed by atoms with Gasteiger partial charge < -0.3 is 15.4 Å². The molecule has 0 spiro atoms. The number of nitrogens with zero attached hydrogens (tertiary/aromatic N) is 2. The summed E-state index contributed by atoms with van der Waals surface area (Å²) in [6.07, 6.45) is 3.68. The first-order valence-corrected chi connectivity index (χ1v) is 8.32. The second-order valence-corrected chi connectivity index (χ2v) is 6.40. The number of aromatic amines is 1. The van der Waals surface area contributed by atoms with Crippen molar-refractivity contribution < 1.29 is 9.53 Å². The number of methoxy groups -OCH3 is 1. The summed E-state index contributed by atoms with van der Waals surface area (Å²) in [6.45, 7) is 3.50. The Morgan fingerprint density at radius 1 is 1.42 bits per heavy atom.